The molecule has 0 bridgehead atoms. The molecule has 1 unspecified atom stereocenters. The van der Waals surface area contributed by atoms with Gasteiger partial charge in [0.2, 0.25) is 5.91 Å². The van der Waals surface area contributed by atoms with Crippen LogP contribution < -0.4 is 20.1 Å². The number of halogens is 6. The number of nitrogens with one attached hydrogen (secondary N) is 2. The van der Waals surface area contributed by atoms with E-state index in [2.05, 4.69) is 15.4 Å². The number of piperidine rings is 1. The van der Waals surface area contributed by atoms with Gasteiger partial charge in [0, 0.05) is 19.0 Å². The zero-order valence-electron chi connectivity index (χ0n) is 16.1. The maximum absolute atomic E-state index is 13.1. The molecule has 2 aromatic rings. The Balaban J connectivity index is 1.84. The topological polar surface area (TPSA) is 76.7 Å². The van der Waals surface area contributed by atoms with Gasteiger partial charge in [0.25, 0.3) is 5.91 Å². The van der Waals surface area contributed by atoms with Crippen molar-refractivity contribution in [2.45, 2.75) is 31.4 Å². The van der Waals surface area contributed by atoms with E-state index >= 15 is 0 Å². The van der Waals surface area contributed by atoms with Crippen LogP contribution in [0.3, 0.4) is 0 Å². The van der Waals surface area contributed by atoms with E-state index in [1.807, 2.05) is 0 Å². The highest BCUT2D eigenvalue weighted by molar-refractivity contribution is 5.97. The maximum atomic E-state index is 13.1. The van der Waals surface area contributed by atoms with E-state index in [-0.39, 0.29) is 23.8 Å². The summed E-state index contributed by atoms with van der Waals surface area (Å²) in [5, 5.41) is 5.09. The first-order chi connectivity index (χ1) is 14.9. The Morgan fingerprint density at radius 1 is 1.00 bits per heavy atom. The Bertz CT molecular complexity index is 989. The van der Waals surface area contributed by atoms with E-state index < -0.39 is 41.4 Å². The highest BCUT2D eigenvalue weighted by atomic mass is 19.4. The van der Waals surface area contributed by atoms with Crippen LogP contribution in [-0.2, 0) is 11.0 Å². The van der Waals surface area contributed by atoms with Crippen LogP contribution in [0.4, 0.5) is 26.3 Å². The number of hydrogen-bond donors (Lipinski definition) is 2. The van der Waals surface area contributed by atoms with Gasteiger partial charge in [-0.15, -0.1) is 13.2 Å². The average molecular weight is 462 g/mol. The Labute approximate surface area is 177 Å². The first-order valence-corrected chi connectivity index (χ1v) is 9.23. The number of alkyl halides is 6. The lowest BCUT2D eigenvalue weighted by Gasteiger charge is -2.23. The van der Waals surface area contributed by atoms with Crippen molar-refractivity contribution in [3.8, 4) is 17.2 Å². The van der Waals surface area contributed by atoms with Crippen LogP contribution in [0.25, 0.3) is 0 Å². The normalized spacial score (nSPS) is 16.8. The first kappa shape index (κ1) is 23.2. The van der Waals surface area contributed by atoms with Gasteiger partial charge in [-0.3, -0.25) is 9.59 Å². The van der Waals surface area contributed by atoms with E-state index in [1.54, 1.807) is 0 Å². The zero-order valence-corrected chi connectivity index (χ0v) is 16.1. The number of carbonyl (C=O) groups is 2. The molecule has 1 atom stereocenters. The van der Waals surface area contributed by atoms with Gasteiger partial charge >= 0.3 is 12.5 Å². The minimum absolute atomic E-state index is 0.0262. The Morgan fingerprint density at radius 3 is 2.25 bits per heavy atom. The second kappa shape index (κ2) is 8.97. The van der Waals surface area contributed by atoms with E-state index in [0.29, 0.717) is 25.1 Å². The fourth-order valence-electron chi connectivity index (χ4n) is 2.98. The summed E-state index contributed by atoms with van der Waals surface area (Å²) in [6.45, 7) is 0.308. The van der Waals surface area contributed by atoms with E-state index in [9.17, 15) is 35.9 Å². The number of ether oxygens (including phenoxy) is 2. The summed E-state index contributed by atoms with van der Waals surface area (Å²) in [5.74, 6) is -2.00. The van der Waals surface area contributed by atoms with Crippen molar-refractivity contribution in [3.63, 3.8) is 0 Å². The molecule has 3 rings (SSSR count). The Hall–Kier alpha value is -3.44. The van der Waals surface area contributed by atoms with Crippen LogP contribution in [0.2, 0.25) is 0 Å². The Kier molecular flexibility index (Phi) is 6.51. The summed E-state index contributed by atoms with van der Waals surface area (Å²) in [5.41, 5.74) is -1.54. The van der Waals surface area contributed by atoms with Crippen molar-refractivity contribution in [2.24, 2.45) is 0 Å². The molecule has 2 amide bonds. The lowest BCUT2D eigenvalue weighted by molar-refractivity contribution is -0.274. The molecule has 1 saturated heterocycles. The van der Waals surface area contributed by atoms with Crippen molar-refractivity contribution in [3.05, 3.63) is 53.6 Å². The molecule has 12 heteroatoms. The number of benzene rings is 2. The molecule has 1 heterocycles. The molecule has 0 aliphatic carbocycles. The number of hydrogen-bond acceptors (Lipinski definition) is 4. The van der Waals surface area contributed by atoms with Crippen LogP contribution in [0.5, 0.6) is 17.2 Å². The molecule has 0 aromatic heterocycles. The van der Waals surface area contributed by atoms with Gasteiger partial charge < -0.3 is 20.1 Å². The second-order valence-corrected chi connectivity index (χ2v) is 6.84. The minimum Gasteiger partial charge on any atom is -0.457 e. The third-order valence-electron chi connectivity index (χ3n) is 4.42. The van der Waals surface area contributed by atoms with E-state index in [0.717, 1.165) is 30.3 Å². The predicted molar refractivity (Wildman–Crippen MR) is 98.1 cm³/mol. The maximum Gasteiger partial charge on any atom is 0.573 e. The molecule has 0 saturated carbocycles. The smallest absolute Gasteiger partial charge is 0.457 e. The monoisotopic (exact) mass is 462 g/mol. The number of carbonyl (C=O) groups excluding carboxylic acids is 2. The SMILES string of the molecule is O=C1CC(NC(=O)c2cc(C(F)(F)F)ccc2Oc2ccc(OC(F)(F)F)cc2)CCN1. The molecule has 0 radical (unpaired) electrons. The molecule has 0 spiro atoms. The molecule has 172 valence electrons. The predicted octanol–water partition coefficient (Wildman–Crippen LogP) is 4.40. The largest absolute Gasteiger partial charge is 0.573 e. The molecule has 1 fully saturated rings. The van der Waals surface area contributed by atoms with Crippen LogP contribution in [0.15, 0.2) is 42.5 Å². The average Bonchev–Trinajstić information content (AvgIpc) is 2.68. The molecule has 32 heavy (non-hydrogen) atoms. The zero-order chi connectivity index (χ0) is 23.5. The third kappa shape index (κ3) is 6.28. The van der Waals surface area contributed by atoms with Gasteiger partial charge in [-0.05, 0) is 48.9 Å². The molecule has 2 aromatic carbocycles. The lowest BCUT2D eigenvalue weighted by Crippen LogP contribution is -2.45. The third-order valence-corrected chi connectivity index (χ3v) is 4.42. The minimum atomic E-state index is -4.89. The fraction of sp³-hybridized carbons (Fsp3) is 0.300. The standard InChI is InChI=1S/C20H16F6N2O4/c21-19(22,23)11-1-6-16(31-13-2-4-14(5-3-13)32-20(24,25)26)15(9-11)18(30)28-12-7-8-27-17(29)10-12/h1-6,9,12H,7-8,10H2,(H,27,29)(H,28,30). The van der Waals surface area contributed by atoms with Gasteiger partial charge in [0.15, 0.2) is 0 Å². The van der Waals surface area contributed by atoms with Gasteiger partial charge in [0.05, 0.1) is 11.1 Å². The molecule has 1 aliphatic rings. The lowest BCUT2D eigenvalue weighted by atomic mass is 10.0. The quantitative estimate of drug-likeness (QED) is 0.646. The molecule has 6 nitrogen and oxygen atoms in total. The second-order valence-electron chi connectivity index (χ2n) is 6.84. The Morgan fingerprint density at radius 2 is 1.66 bits per heavy atom. The molecular formula is C20H16F6N2O4. The van der Waals surface area contributed by atoms with Gasteiger partial charge in [-0.2, -0.15) is 13.2 Å². The van der Waals surface area contributed by atoms with Crippen molar-refractivity contribution in [1.29, 1.82) is 0 Å². The molecular weight excluding hydrogens is 446 g/mol. The number of amides is 2. The van der Waals surface area contributed by atoms with Crippen molar-refractivity contribution in [2.75, 3.05) is 6.54 Å². The van der Waals surface area contributed by atoms with Crippen molar-refractivity contribution >= 4 is 11.8 Å². The highest BCUT2D eigenvalue weighted by Crippen LogP contribution is 2.35. The summed E-state index contributed by atoms with van der Waals surface area (Å²) >= 11 is 0. The molecule has 2 N–H and O–H groups in total. The van der Waals surface area contributed by atoms with Gasteiger partial charge in [0.1, 0.15) is 17.2 Å². The summed E-state index contributed by atoms with van der Waals surface area (Å²) < 4.78 is 85.4. The fourth-order valence-corrected chi connectivity index (χ4v) is 2.98. The van der Waals surface area contributed by atoms with Gasteiger partial charge in [-0.1, -0.05) is 0 Å². The van der Waals surface area contributed by atoms with Crippen LogP contribution in [-0.4, -0.2) is 30.8 Å². The number of rotatable bonds is 5. The van der Waals surface area contributed by atoms with Crippen LogP contribution >= 0.6 is 0 Å². The van der Waals surface area contributed by atoms with Crippen LogP contribution in [0.1, 0.15) is 28.8 Å². The molecule has 1 aliphatic heterocycles. The van der Waals surface area contributed by atoms with Crippen LogP contribution in [0, 0.1) is 0 Å². The summed E-state index contributed by atoms with van der Waals surface area (Å²) in [4.78, 5) is 24.2. The first-order valence-electron chi connectivity index (χ1n) is 9.23. The summed E-state index contributed by atoms with van der Waals surface area (Å²) in [6, 6.07) is 5.79. The summed E-state index contributed by atoms with van der Waals surface area (Å²) in [7, 11) is 0. The van der Waals surface area contributed by atoms with E-state index in [1.165, 1.54) is 0 Å². The summed E-state index contributed by atoms with van der Waals surface area (Å²) in [6.07, 6.45) is -9.25. The van der Waals surface area contributed by atoms with Crippen molar-refractivity contribution < 1.29 is 45.4 Å². The van der Waals surface area contributed by atoms with E-state index in [4.69, 9.17) is 4.74 Å². The highest BCUT2D eigenvalue weighted by Gasteiger charge is 2.33. The van der Waals surface area contributed by atoms with Gasteiger partial charge in [-0.25, -0.2) is 0 Å². The van der Waals surface area contributed by atoms with Crippen molar-refractivity contribution in [1.82, 2.24) is 10.6 Å².